The van der Waals surface area contributed by atoms with Crippen molar-refractivity contribution in [2.75, 3.05) is 26.7 Å². The van der Waals surface area contributed by atoms with E-state index in [0.29, 0.717) is 6.42 Å². The first-order valence-corrected chi connectivity index (χ1v) is 9.91. The standard InChI is InChI=1S/C23H30N2O2/c1-27-22-13-11-20(12-14-22)17-23(26)24-21-10-6-16-25(18-21)15-5-9-19-7-3-2-4-8-19/h2-4,7-8,11-14,21H,5-6,9-10,15-18H2,1H3,(H,24,26)/t21-/m1/s1. The number of carbonyl (C=O) groups is 1. The van der Waals surface area contributed by atoms with Gasteiger partial charge in [0.2, 0.25) is 5.91 Å². The lowest BCUT2D eigenvalue weighted by atomic mass is 10.0. The lowest BCUT2D eigenvalue weighted by Crippen LogP contribution is -2.48. The van der Waals surface area contributed by atoms with Crippen LogP contribution in [0.5, 0.6) is 5.75 Å². The van der Waals surface area contributed by atoms with Crippen LogP contribution in [0.3, 0.4) is 0 Å². The number of likely N-dealkylation sites (tertiary alicyclic amines) is 1. The van der Waals surface area contributed by atoms with Gasteiger partial charge in [-0.2, -0.15) is 0 Å². The summed E-state index contributed by atoms with van der Waals surface area (Å²) in [5, 5.41) is 3.22. The number of carbonyl (C=O) groups excluding carboxylic acids is 1. The predicted octanol–water partition coefficient (Wildman–Crippen LogP) is 3.45. The fourth-order valence-electron chi connectivity index (χ4n) is 3.74. The summed E-state index contributed by atoms with van der Waals surface area (Å²) in [5.41, 5.74) is 2.42. The molecule has 1 aliphatic rings. The molecule has 3 rings (SSSR count). The number of piperidine rings is 1. The topological polar surface area (TPSA) is 41.6 Å². The molecule has 4 nitrogen and oxygen atoms in total. The smallest absolute Gasteiger partial charge is 0.224 e. The Morgan fingerprint density at radius 1 is 1.11 bits per heavy atom. The van der Waals surface area contributed by atoms with Gasteiger partial charge in [0.25, 0.3) is 0 Å². The maximum absolute atomic E-state index is 12.4. The molecule has 1 heterocycles. The van der Waals surface area contributed by atoms with Crippen molar-refractivity contribution in [2.45, 2.75) is 38.1 Å². The Morgan fingerprint density at radius 3 is 2.63 bits per heavy atom. The maximum atomic E-state index is 12.4. The Bertz CT molecular complexity index is 700. The maximum Gasteiger partial charge on any atom is 0.224 e. The van der Waals surface area contributed by atoms with Crippen molar-refractivity contribution < 1.29 is 9.53 Å². The van der Waals surface area contributed by atoms with Crippen LogP contribution >= 0.6 is 0 Å². The summed E-state index contributed by atoms with van der Waals surface area (Å²) in [6.45, 7) is 3.20. The first-order chi connectivity index (χ1) is 13.2. The number of hydrogen-bond acceptors (Lipinski definition) is 3. The van der Waals surface area contributed by atoms with Crippen LogP contribution in [-0.2, 0) is 17.6 Å². The Balaban J connectivity index is 1.40. The molecule has 0 saturated carbocycles. The number of nitrogens with one attached hydrogen (secondary N) is 1. The average molecular weight is 367 g/mol. The number of benzene rings is 2. The fraction of sp³-hybridized carbons (Fsp3) is 0.435. The van der Waals surface area contributed by atoms with E-state index in [0.717, 1.165) is 56.6 Å². The van der Waals surface area contributed by atoms with E-state index in [1.165, 1.54) is 5.56 Å². The molecular formula is C23H30N2O2. The Hall–Kier alpha value is -2.33. The molecule has 4 heteroatoms. The molecule has 0 aromatic heterocycles. The molecule has 144 valence electrons. The van der Waals surface area contributed by atoms with Gasteiger partial charge >= 0.3 is 0 Å². The molecule has 0 bridgehead atoms. The number of nitrogens with zero attached hydrogens (tertiary/aromatic N) is 1. The predicted molar refractivity (Wildman–Crippen MR) is 109 cm³/mol. The molecule has 1 amide bonds. The summed E-state index contributed by atoms with van der Waals surface area (Å²) in [7, 11) is 1.65. The van der Waals surface area contributed by atoms with Crippen LogP contribution in [0.1, 0.15) is 30.4 Å². The van der Waals surface area contributed by atoms with E-state index in [1.807, 2.05) is 24.3 Å². The van der Waals surface area contributed by atoms with Crippen molar-refractivity contribution in [2.24, 2.45) is 0 Å². The van der Waals surface area contributed by atoms with E-state index in [-0.39, 0.29) is 11.9 Å². The number of amides is 1. The summed E-state index contributed by atoms with van der Waals surface area (Å²) in [4.78, 5) is 14.9. The lowest BCUT2D eigenvalue weighted by Gasteiger charge is -2.33. The average Bonchev–Trinajstić information content (AvgIpc) is 2.70. The summed E-state index contributed by atoms with van der Waals surface area (Å²) < 4.78 is 5.16. The highest BCUT2D eigenvalue weighted by atomic mass is 16.5. The normalized spacial score (nSPS) is 17.4. The number of rotatable bonds is 8. The lowest BCUT2D eigenvalue weighted by molar-refractivity contribution is -0.121. The zero-order valence-corrected chi connectivity index (χ0v) is 16.2. The van der Waals surface area contributed by atoms with E-state index in [2.05, 4.69) is 40.5 Å². The fourth-order valence-corrected chi connectivity index (χ4v) is 3.74. The van der Waals surface area contributed by atoms with Crippen molar-refractivity contribution in [3.63, 3.8) is 0 Å². The summed E-state index contributed by atoms with van der Waals surface area (Å²) in [6.07, 6.45) is 4.93. The molecule has 27 heavy (non-hydrogen) atoms. The summed E-state index contributed by atoms with van der Waals surface area (Å²) in [6, 6.07) is 18.6. The third-order valence-electron chi connectivity index (χ3n) is 5.18. The molecule has 0 aliphatic carbocycles. The van der Waals surface area contributed by atoms with Gasteiger partial charge in [0, 0.05) is 12.6 Å². The van der Waals surface area contributed by atoms with Crippen molar-refractivity contribution in [1.29, 1.82) is 0 Å². The molecule has 1 saturated heterocycles. The highest BCUT2D eigenvalue weighted by molar-refractivity contribution is 5.78. The number of methoxy groups -OCH3 is 1. The molecule has 0 radical (unpaired) electrons. The van der Waals surface area contributed by atoms with Gasteiger partial charge in [0.05, 0.1) is 13.5 Å². The minimum atomic E-state index is 0.108. The highest BCUT2D eigenvalue weighted by Crippen LogP contribution is 2.14. The van der Waals surface area contributed by atoms with Crippen LogP contribution < -0.4 is 10.1 Å². The van der Waals surface area contributed by atoms with E-state index in [9.17, 15) is 4.79 Å². The quantitative estimate of drug-likeness (QED) is 0.778. The largest absolute Gasteiger partial charge is 0.497 e. The van der Waals surface area contributed by atoms with E-state index in [4.69, 9.17) is 4.74 Å². The molecule has 2 aromatic rings. The van der Waals surface area contributed by atoms with Gasteiger partial charge in [0.1, 0.15) is 5.75 Å². The second-order valence-corrected chi connectivity index (χ2v) is 7.32. The second kappa shape index (κ2) is 10.1. The van der Waals surface area contributed by atoms with Crippen LogP contribution in [0.2, 0.25) is 0 Å². The molecule has 0 unspecified atom stereocenters. The van der Waals surface area contributed by atoms with Gasteiger partial charge in [-0.25, -0.2) is 0 Å². The molecule has 1 atom stereocenters. The number of hydrogen-bond donors (Lipinski definition) is 1. The van der Waals surface area contributed by atoms with Gasteiger partial charge in [-0.1, -0.05) is 42.5 Å². The van der Waals surface area contributed by atoms with Crippen molar-refractivity contribution in [3.05, 3.63) is 65.7 Å². The van der Waals surface area contributed by atoms with Gasteiger partial charge < -0.3 is 15.0 Å². The van der Waals surface area contributed by atoms with Crippen LogP contribution in [-0.4, -0.2) is 43.6 Å². The van der Waals surface area contributed by atoms with Crippen LogP contribution in [0.15, 0.2) is 54.6 Å². The first-order valence-electron chi connectivity index (χ1n) is 9.91. The molecule has 1 N–H and O–H groups in total. The zero-order valence-electron chi connectivity index (χ0n) is 16.2. The third kappa shape index (κ3) is 6.40. The van der Waals surface area contributed by atoms with E-state index in [1.54, 1.807) is 7.11 Å². The molecule has 1 aliphatic heterocycles. The minimum absolute atomic E-state index is 0.108. The summed E-state index contributed by atoms with van der Waals surface area (Å²) in [5.74, 6) is 0.925. The van der Waals surface area contributed by atoms with Gasteiger partial charge in [0.15, 0.2) is 0 Å². The van der Waals surface area contributed by atoms with Gasteiger partial charge in [-0.3, -0.25) is 4.79 Å². The summed E-state index contributed by atoms with van der Waals surface area (Å²) >= 11 is 0. The third-order valence-corrected chi connectivity index (χ3v) is 5.18. The Labute approximate surface area is 162 Å². The van der Waals surface area contributed by atoms with E-state index < -0.39 is 0 Å². The van der Waals surface area contributed by atoms with Gasteiger partial charge in [-0.15, -0.1) is 0 Å². The van der Waals surface area contributed by atoms with E-state index >= 15 is 0 Å². The van der Waals surface area contributed by atoms with Crippen molar-refractivity contribution >= 4 is 5.91 Å². The minimum Gasteiger partial charge on any atom is -0.497 e. The second-order valence-electron chi connectivity index (χ2n) is 7.32. The monoisotopic (exact) mass is 366 g/mol. The number of ether oxygens (including phenoxy) is 1. The van der Waals surface area contributed by atoms with Gasteiger partial charge in [-0.05, 0) is 62.0 Å². The van der Waals surface area contributed by atoms with Crippen LogP contribution in [0.4, 0.5) is 0 Å². The van der Waals surface area contributed by atoms with Crippen molar-refractivity contribution in [3.8, 4) is 5.75 Å². The first kappa shape index (κ1) is 19.4. The van der Waals surface area contributed by atoms with Crippen molar-refractivity contribution in [1.82, 2.24) is 10.2 Å². The Morgan fingerprint density at radius 2 is 1.89 bits per heavy atom. The van der Waals surface area contributed by atoms with Crippen LogP contribution in [0.25, 0.3) is 0 Å². The SMILES string of the molecule is COc1ccc(CC(=O)N[C@@H]2CCCN(CCCc3ccccc3)C2)cc1. The zero-order chi connectivity index (χ0) is 18.9. The van der Waals surface area contributed by atoms with Crippen LogP contribution in [0, 0.1) is 0 Å². The number of aryl methyl sites for hydroxylation is 1. The highest BCUT2D eigenvalue weighted by Gasteiger charge is 2.21. The Kier molecular flexibility index (Phi) is 7.28. The molecule has 2 aromatic carbocycles. The molecule has 0 spiro atoms. The molecule has 1 fully saturated rings. The molecular weight excluding hydrogens is 336 g/mol.